The molecular formula is C19H25N5O2S2. The highest BCUT2D eigenvalue weighted by atomic mass is 32.2. The Morgan fingerprint density at radius 3 is 2.50 bits per heavy atom. The van der Waals surface area contributed by atoms with Crippen LogP contribution < -0.4 is 0 Å². The standard InChI is InChI=1S/C19H25N5O2S2/c1-13(2)17-20-21-19(24(17)14-5-6-14)28-12-16(25)22-7-9-23(10-8-22)18(26)15-4-3-11-27-15/h3-4,11,13-14H,5-10,12H2,1-2H3. The fraction of sp³-hybridized carbons (Fsp3) is 0.579. The van der Waals surface area contributed by atoms with E-state index in [2.05, 4.69) is 28.6 Å². The SMILES string of the molecule is CC(C)c1nnc(SCC(=O)N2CCN(C(=O)c3cccs3)CC2)n1C1CC1. The van der Waals surface area contributed by atoms with Crippen molar-refractivity contribution in [1.82, 2.24) is 24.6 Å². The summed E-state index contributed by atoms with van der Waals surface area (Å²) in [7, 11) is 0. The van der Waals surface area contributed by atoms with Gasteiger partial charge in [0.2, 0.25) is 5.91 Å². The number of amides is 2. The zero-order valence-electron chi connectivity index (χ0n) is 16.2. The second kappa shape index (κ2) is 8.24. The van der Waals surface area contributed by atoms with Gasteiger partial charge in [-0.25, -0.2) is 0 Å². The molecule has 150 valence electrons. The Hall–Kier alpha value is -1.87. The Bertz CT molecular complexity index is 837. The van der Waals surface area contributed by atoms with Crippen molar-refractivity contribution in [2.45, 2.75) is 43.8 Å². The van der Waals surface area contributed by atoms with Crippen molar-refractivity contribution in [3.8, 4) is 0 Å². The van der Waals surface area contributed by atoms with Gasteiger partial charge in [-0.15, -0.1) is 21.5 Å². The van der Waals surface area contributed by atoms with Gasteiger partial charge in [0.1, 0.15) is 5.82 Å². The van der Waals surface area contributed by atoms with Crippen LogP contribution in [-0.2, 0) is 4.79 Å². The summed E-state index contributed by atoms with van der Waals surface area (Å²) in [5.41, 5.74) is 0. The lowest BCUT2D eigenvalue weighted by molar-refractivity contribution is -0.129. The number of thiophene rings is 1. The third-order valence-electron chi connectivity index (χ3n) is 5.10. The zero-order chi connectivity index (χ0) is 19.7. The molecule has 9 heteroatoms. The van der Waals surface area contributed by atoms with Crippen LogP contribution in [0.15, 0.2) is 22.7 Å². The highest BCUT2D eigenvalue weighted by Gasteiger charge is 2.31. The van der Waals surface area contributed by atoms with Crippen LogP contribution in [0.5, 0.6) is 0 Å². The summed E-state index contributed by atoms with van der Waals surface area (Å²) in [5, 5.41) is 11.4. The van der Waals surface area contributed by atoms with Crippen molar-refractivity contribution in [2.24, 2.45) is 0 Å². The van der Waals surface area contributed by atoms with Gasteiger partial charge >= 0.3 is 0 Å². The van der Waals surface area contributed by atoms with E-state index in [1.165, 1.54) is 35.9 Å². The van der Waals surface area contributed by atoms with Crippen LogP contribution in [0.25, 0.3) is 0 Å². The molecule has 28 heavy (non-hydrogen) atoms. The smallest absolute Gasteiger partial charge is 0.264 e. The summed E-state index contributed by atoms with van der Waals surface area (Å²) in [5.74, 6) is 1.87. The zero-order valence-corrected chi connectivity index (χ0v) is 17.8. The lowest BCUT2D eigenvalue weighted by Crippen LogP contribution is -2.51. The van der Waals surface area contributed by atoms with Crippen LogP contribution in [0, 0.1) is 0 Å². The molecule has 0 atom stereocenters. The minimum Gasteiger partial charge on any atom is -0.338 e. The van der Waals surface area contributed by atoms with Gasteiger partial charge < -0.3 is 14.4 Å². The summed E-state index contributed by atoms with van der Waals surface area (Å²) in [4.78, 5) is 29.5. The van der Waals surface area contributed by atoms with Crippen LogP contribution in [-0.4, -0.2) is 68.3 Å². The van der Waals surface area contributed by atoms with Gasteiger partial charge in [0, 0.05) is 38.1 Å². The molecule has 2 fully saturated rings. The Morgan fingerprint density at radius 2 is 1.89 bits per heavy atom. The van der Waals surface area contributed by atoms with Crippen molar-refractivity contribution in [3.05, 3.63) is 28.2 Å². The van der Waals surface area contributed by atoms with Crippen LogP contribution in [0.3, 0.4) is 0 Å². The van der Waals surface area contributed by atoms with E-state index in [-0.39, 0.29) is 11.8 Å². The number of aromatic nitrogens is 3. The normalized spacial score (nSPS) is 17.4. The maximum atomic E-state index is 12.7. The monoisotopic (exact) mass is 419 g/mol. The molecule has 1 saturated heterocycles. The minimum absolute atomic E-state index is 0.0650. The van der Waals surface area contributed by atoms with Crippen LogP contribution in [0.4, 0.5) is 0 Å². The summed E-state index contributed by atoms with van der Waals surface area (Å²) >= 11 is 2.94. The Kier molecular flexibility index (Phi) is 5.73. The molecule has 4 rings (SSSR count). The fourth-order valence-corrected chi connectivity index (χ4v) is 5.00. The van der Waals surface area contributed by atoms with Crippen LogP contribution in [0.1, 0.15) is 54.1 Å². The first-order valence-electron chi connectivity index (χ1n) is 9.72. The third kappa shape index (κ3) is 4.10. The van der Waals surface area contributed by atoms with E-state index in [0.29, 0.717) is 43.9 Å². The molecular weight excluding hydrogens is 394 g/mol. The maximum Gasteiger partial charge on any atom is 0.264 e. The highest BCUT2D eigenvalue weighted by molar-refractivity contribution is 7.99. The highest BCUT2D eigenvalue weighted by Crippen LogP contribution is 2.40. The number of carbonyl (C=O) groups is 2. The van der Waals surface area contributed by atoms with Crippen molar-refractivity contribution >= 4 is 34.9 Å². The summed E-state index contributed by atoms with van der Waals surface area (Å²) in [6, 6.07) is 4.24. The van der Waals surface area contributed by atoms with E-state index in [1.54, 1.807) is 0 Å². The molecule has 1 saturated carbocycles. The van der Waals surface area contributed by atoms with Crippen molar-refractivity contribution in [1.29, 1.82) is 0 Å². The van der Waals surface area contributed by atoms with Crippen molar-refractivity contribution in [3.63, 3.8) is 0 Å². The molecule has 0 bridgehead atoms. The molecule has 2 aliphatic rings. The van der Waals surface area contributed by atoms with E-state index in [9.17, 15) is 9.59 Å². The Balaban J connectivity index is 1.30. The first kappa shape index (κ1) is 19.4. The average molecular weight is 420 g/mol. The van der Waals surface area contributed by atoms with Crippen LogP contribution >= 0.6 is 23.1 Å². The molecule has 0 unspecified atom stereocenters. The average Bonchev–Trinajstić information content (AvgIpc) is 3.21. The first-order valence-corrected chi connectivity index (χ1v) is 11.6. The predicted octanol–water partition coefficient (Wildman–Crippen LogP) is 2.87. The molecule has 0 aromatic carbocycles. The number of rotatable bonds is 6. The summed E-state index contributed by atoms with van der Waals surface area (Å²) in [6.45, 7) is 6.59. The molecule has 2 aromatic heterocycles. The number of hydrogen-bond donors (Lipinski definition) is 0. The second-order valence-electron chi connectivity index (χ2n) is 7.54. The Labute approximate surface area is 173 Å². The molecule has 1 aliphatic heterocycles. The van der Waals surface area contributed by atoms with Gasteiger partial charge in [0.15, 0.2) is 5.16 Å². The topological polar surface area (TPSA) is 71.3 Å². The van der Waals surface area contributed by atoms with Gasteiger partial charge in [-0.1, -0.05) is 31.7 Å². The predicted molar refractivity (Wildman–Crippen MR) is 110 cm³/mol. The summed E-state index contributed by atoms with van der Waals surface area (Å²) in [6.07, 6.45) is 2.33. The van der Waals surface area contributed by atoms with Gasteiger partial charge in [0.05, 0.1) is 10.6 Å². The molecule has 0 N–H and O–H groups in total. The number of hydrogen-bond acceptors (Lipinski definition) is 6. The number of nitrogens with zero attached hydrogens (tertiary/aromatic N) is 5. The lowest BCUT2D eigenvalue weighted by atomic mass is 10.2. The van der Waals surface area contributed by atoms with E-state index >= 15 is 0 Å². The van der Waals surface area contributed by atoms with Gasteiger partial charge in [0.25, 0.3) is 5.91 Å². The van der Waals surface area contributed by atoms with Gasteiger partial charge in [-0.05, 0) is 24.3 Å². The number of piperazine rings is 1. The van der Waals surface area contributed by atoms with E-state index in [0.717, 1.165) is 15.9 Å². The molecule has 1 aliphatic carbocycles. The quantitative estimate of drug-likeness (QED) is 0.674. The van der Waals surface area contributed by atoms with Crippen molar-refractivity contribution < 1.29 is 9.59 Å². The minimum atomic E-state index is 0.0650. The third-order valence-corrected chi connectivity index (χ3v) is 6.88. The van der Waals surface area contributed by atoms with E-state index in [4.69, 9.17) is 0 Å². The van der Waals surface area contributed by atoms with Gasteiger partial charge in [-0.3, -0.25) is 9.59 Å². The lowest BCUT2D eigenvalue weighted by Gasteiger charge is -2.34. The molecule has 2 aromatic rings. The Morgan fingerprint density at radius 1 is 1.18 bits per heavy atom. The van der Waals surface area contributed by atoms with Gasteiger partial charge in [-0.2, -0.15) is 0 Å². The van der Waals surface area contributed by atoms with E-state index in [1.807, 2.05) is 27.3 Å². The second-order valence-corrected chi connectivity index (χ2v) is 9.43. The summed E-state index contributed by atoms with van der Waals surface area (Å²) < 4.78 is 2.22. The maximum absolute atomic E-state index is 12.7. The number of thioether (sulfide) groups is 1. The van der Waals surface area contributed by atoms with E-state index < -0.39 is 0 Å². The molecule has 3 heterocycles. The first-order chi connectivity index (χ1) is 13.5. The molecule has 2 amide bonds. The fourth-order valence-electron chi connectivity index (χ4n) is 3.39. The molecule has 0 spiro atoms. The van der Waals surface area contributed by atoms with Crippen molar-refractivity contribution in [2.75, 3.05) is 31.9 Å². The molecule has 7 nitrogen and oxygen atoms in total. The number of carbonyl (C=O) groups excluding carboxylic acids is 2. The van der Waals surface area contributed by atoms with Crippen LogP contribution in [0.2, 0.25) is 0 Å². The molecule has 0 radical (unpaired) electrons. The largest absolute Gasteiger partial charge is 0.338 e.